The van der Waals surface area contributed by atoms with E-state index >= 15 is 0 Å². The smallest absolute Gasteiger partial charge is 0.257 e. The third-order valence-electron chi connectivity index (χ3n) is 2.73. The Labute approximate surface area is 140 Å². The third kappa shape index (κ3) is 4.28. The molecule has 1 amide bonds. The number of anilines is 1. The number of carbonyl (C=O) groups excluding carboxylic acids is 1. The molecule has 4 nitrogen and oxygen atoms in total. The fourth-order valence-electron chi connectivity index (χ4n) is 1.80. The van der Waals surface area contributed by atoms with E-state index in [1.807, 2.05) is 25.1 Å². The summed E-state index contributed by atoms with van der Waals surface area (Å²) in [5.41, 5.74) is 2.21. The molecule has 0 saturated carbocycles. The molecular formula is C15H14Br2N2O2. The molecule has 0 aliphatic heterocycles. The molecular weight excluding hydrogens is 400 g/mol. The van der Waals surface area contributed by atoms with Gasteiger partial charge in [0.1, 0.15) is 5.75 Å². The Bertz CT molecular complexity index is 647. The number of rotatable bonds is 5. The summed E-state index contributed by atoms with van der Waals surface area (Å²) in [6.45, 7) is 2.55. The maximum atomic E-state index is 12.2. The Morgan fingerprint density at radius 1 is 1.33 bits per heavy atom. The monoisotopic (exact) mass is 412 g/mol. The molecule has 1 heterocycles. The Morgan fingerprint density at radius 3 is 2.81 bits per heavy atom. The van der Waals surface area contributed by atoms with Crippen molar-refractivity contribution in [1.29, 1.82) is 0 Å². The first-order valence-corrected chi connectivity index (χ1v) is 8.29. The first-order chi connectivity index (χ1) is 10.1. The zero-order valence-electron chi connectivity index (χ0n) is 11.4. The van der Waals surface area contributed by atoms with Crippen molar-refractivity contribution >= 4 is 43.5 Å². The second-order valence-corrected chi connectivity index (χ2v) is 5.71. The summed E-state index contributed by atoms with van der Waals surface area (Å²) < 4.78 is 6.30. The lowest BCUT2D eigenvalue weighted by molar-refractivity contribution is 0.102. The molecule has 0 bridgehead atoms. The number of aromatic nitrogens is 1. The standard InChI is InChI=1S/C15H14Br2N2O2/c1-2-21-14-4-3-13(6-10(14)7-16)19-15(20)11-5-12(17)9-18-8-11/h3-6,8-9H,2,7H2,1H3,(H,19,20). The number of hydrogen-bond donors (Lipinski definition) is 1. The molecule has 1 N–H and O–H groups in total. The van der Waals surface area contributed by atoms with Crippen LogP contribution in [0.15, 0.2) is 41.1 Å². The summed E-state index contributed by atoms with van der Waals surface area (Å²) in [6.07, 6.45) is 3.16. The average Bonchev–Trinajstić information content (AvgIpc) is 2.49. The van der Waals surface area contributed by atoms with Crippen molar-refractivity contribution in [3.63, 3.8) is 0 Å². The number of nitrogens with zero attached hydrogens (tertiary/aromatic N) is 1. The summed E-state index contributed by atoms with van der Waals surface area (Å²) in [5.74, 6) is 0.616. The number of halogens is 2. The molecule has 0 atom stereocenters. The highest BCUT2D eigenvalue weighted by atomic mass is 79.9. The minimum atomic E-state index is -0.200. The van der Waals surface area contributed by atoms with Crippen LogP contribution in [0.1, 0.15) is 22.8 Å². The van der Waals surface area contributed by atoms with Crippen molar-refractivity contribution in [2.45, 2.75) is 12.3 Å². The fraction of sp³-hybridized carbons (Fsp3) is 0.200. The number of nitrogens with one attached hydrogen (secondary N) is 1. The lowest BCUT2D eigenvalue weighted by Gasteiger charge is -2.11. The van der Waals surface area contributed by atoms with Gasteiger partial charge in [-0.25, -0.2) is 0 Å². The van der Waals surface area contributed by atoms with Gasteiger partial charge in [-0.05, 0) is 47.1 Å². The van der Waals surface area contributed by atoms with E-state index in [2.05, 4.69) is 42.2 Å². The number of carbonyl (C=O) groups is 1. The first kappa shape index (κ1) is 16.0. The van der Waals surface area contributed by atoms with Gasteiger partial charge in [-0.1, -0.05) is 15.9 Å². The summed E-state index contributed by atoms with van der Waals surface area (Å²) in [7, 11) is 0. The molecule has 0 fully saturated rings. The summed E-state index contributed by atoms with van der Waals surface area (Å²) in [6, 6.07) is 7.29. The molecule has 21 heavy (non-hydrogen) atoms. The normalized spacial score (nSPS) is 10.2. The van der Waals surface area contributed by atoms with Crippen LogP contribution in [0.2, 0.25) is 0 Å². The second-order valence-electron chi connectivity index (χ2n) is 4.24. The number of hydrogen-bond acceptors (Lipinski definition) is 3. The van der Waals surface area contributed by atoms with Crippen molar-refractivity contribution < 1.29 is 9.53 Å². The van der Waals surface area contributed by atoms with E-state index in [0.717, 1.165) is 21.5 Å². The maximum Gasteiger partial charge on any atom is 0.257 e. The predicted octanol–water partition coefficient (Wildman–Crippen LogP) is 4.39. The Balaban J connectivity index is 2.17. The largest absolute Gasteiger partial charge is 0.494 e. The Morgan fingerprint density at radius 2 is 2.14 bits per heavy atom. The zero-order chi connectivity index (χ0) is 15.2. The SMILES string of the molecule is CCOc1ccc(NC(=O)c2cncc(Br)c2)cc1CBr. The predicted molar refractivity (Wildman–Crippen MR) is 90.1 cm³/mol. The molecule has 0 unspecified atom stereocenters. The maximum absolute atomic E-state index is 12.2. The summed E-state index contributed by atoms with van der Waals surface area (Å²) >= 11 is 6.72. The average molecular weight is 414 g/mol. The third-order valence-corrected chi connectivity index (χ3v) is 3.77. The van der Waals surface area contributed by atoms with E-state index < -0.39 is 0 Å². The molecule has 2 aromatic rings. The van der Waals surface area contributed by atoms with Crippen LogP contribution in [0.4, 0.5) is 5.69 Å². The van der Waals surface area contributed by atoms with Gasteiger partial charge in [0.2, 0.25) is 0 Å². The zero-order valence-corrected chi connectivity index (χ0v) is 14.6. The quantitative estimate of drug-likeness (QED) is 0.739. The van der Waals surface area contributed by atoms with Gasteiger partial charge in [-0.2, -0.15) is 0 Å². The molecule has 0 radical (unpaired) electrons. The lowest BCUT2D eigenvalue weighted by Crippen LogP contribution is -2.12. The highest BCUT2D eigenvalue weighted by Crippen LogP contribution is 2.25. The number of pyridine rings is 1. The van der Waals surface area contributed by atoms with Gasteiger partial charge in [0.05, 0.1) is 12.2 Å². The van der Waals surface area contributed by atoms with Gasteiger partial charge in [0.25, 0.3) is 5.91 Å². The van der Waals surface area contributed by atoms with Crippen LogP contribution in [-0.4, -0.2) is 17.5 Å². The van der Waals surface area contributed by atoms with E-state index in [9.17, 15) is 4.79 Å². The molecule has 0 aliphatic carbocycles. The van der Waals surface area contributed by atoms with Crippen LogP contribution in [-0.2, 0) is 5.33 Å². The van der Waals surface area contributed by atoms with Gasteiger partial charge >= 0.3 is 0 Å². The molecule has 0 spiro atoms. The number of ether oxygens (including phenoxy) is 1. The van der Waals surface area contributed by atoms with Crippen molar-refractivity contribution in [2.75, 3.05) is 11.9 Å². The van der Waals surface area contributed by atoms with E-state index in [4.69, 9.17) is 4.74 Å². The van der Waals surface area contributed by atoms with Gasteiger partial charge in [0, 0.05) is 33.4 Å². The van der Waals surface area contributed by atoms with E-state index in [1.54, 1.807) is 12.3 Å². The Kier molecular flexibility index (Phi) is 5.76. The highest BCUT2D eigenvalue weighted by molar-refractivity contribution is 9.10. The molecule has 110 valence electrons. The van der Waals surface area contributed by atoms with Crippen LogP contribution >= 0.6 is 31.9 Å². The van der Waals surface area contributed by atoms with Gasteiger partial charge in [0.15, 0.2) is 0 Å². The molecule has 1 aromatic heterocycles. The Hall–Kier alpha value is -1.40. The van der Waals surface area contributed by atoms with Crippen molar-refractivity contribution in [2.24, 2.45) is 0 Å². The van der Waals surface area contributed by atoms with Crippen molar-refractivity contribution in [3.8, 4) is 5.75 Å². The second kappa shape index (κ2) is 7.56. The molecule has 0 aliphatic rings. The lowest BCUT2D eigenvalue weighted by atomic mass is 10.2. The number of amides is 1. The van der Waals surface area contributed by atoms with Crippen molar-refractivity contribution in [3.05, 3.63) is 52.3 Å². The van der Waals surface area contributed by atoms with E-state index in [0.29, 0.717) is 17.5 Å². The molecule has 0 saturated heterocycles. The topological polar surface area (TPSA) is 51.2 Å². The minimum absolute atomic E-state index is 0.200. The number of benzene rings is 1. The van der Waals surface area contributed by atoms with Gasteiger partial charge in [-0.15, -0.1) is 0 Å². The molecule has 2 rings (SSSR count). The van der Waals surface area contributed by atoms with Crippen LogP contribution < -0.4 is 10.1 Å². The van der Waals surface area contributed by atoms with E-state index in [-0.39, 0.29) is 5.91 Å². The number of alkyl halides is 1. The molecule has 1 aromatic carbocycles. The van der Waals surface area contributed by atoms with Crippen LogP contribution in [0.25, 0.3) is 0 Å². The minimum Gasteiger partial charge on any atom is -0.494 e. The van der Waals surface area contributed by atoms with Crippen molar-refractivity contribution in [1.82, 2.24) is 4.98 Å². The highest BCUT2D eigenvalue weighted by Gasteiger charge is 2.09. The fourth-order valence-corrected chi connectivity index (χ4v) is 2.60. The van der Waals surface area contributed by atoms with E-state index in [1.165, 1.54) is 6.20 Å². The van der Waals surface area contributed by atoms with Crippen LogP contribution in [0, 0.1) is 0 Å². The van der Waals surface area contributed by atoms with Gasteiger partial charge < -0.3 is 10.1 Å². The molecule has 6 heteroatoms. The summed E-state index contributed by atoms with van der Waals surface area (Å²) in [5, 5.41) is 3.51. The first-order valence-electron chi connectivity index (χ1n) is 6.37. The van der Waals surface area contributed by atoms with Gasteiger partial charge in [-0.3, -0.25) is 9.78 Å². The van der Waals surface area contributed by atoms with Crippen LogP contribution in [0.3, 0.4) is 0 Å². The van der Waals surface area contributed by atoms with Crippen LogP contribution in [0.5, 0.6) is 5.75 Å². The summed E-state index contributed by atoms with van der Waals surface area (Å²) in [4.78, 5) is 16.1.